The lowest BCUT2D eigenvalue weighted by molar-refractivity contribution is -0.870. The quantitative estimate of drug-likeness (QED) is 0.0195. The number of carbonyl (C=O) groups excluding carboxylic acids is 2. The van der Waals surface area contributed by atoms with E-state index in [2.05, 4.69) is 38.2 Å². The summed E-state index contributed by atoms with van der Waals surface area (Å²) < 4.78 is 34.4. The number of phosphoric ester groups is 1. The van der Waals surface area contributed by atoms with Crippen molar-refractivity contribution in [3.63, 3.8) is 0 Å². The highest BCUT2D eigenvalue weighted by Gasteiger charge is 2.22. The van der Waals surface area contributed by atoms with Gasteiger partial charge in [-0.3, -0.25) is 14.2 Å². The number of hydrogen-bond donors (Lipinski definition) is 0. The Labute approximate surface area is 574 Å². The van der Waals surface area contributed by atoms with Crippen molar-refractivity contribution in [3.8, 4) is 0 Å². The topological polar surface area (TPSA) is 111 Å². The number of rotatable bonds is 78. The minimum Gasteiger partial charge on any atom is -0.756 e. The van der Waals surface area contributed by atoms with Crippen LogP contribution < -0.4 is 4.89 Å². The number of likely N-dealkylation sites (N-methyl/N-ethyl adjacent to an activating group) is 1. The number of quaternary nitrogens is 1. The number of allylic oxidation sites excluding steroid dienone is 4. The van der Waals surface area contributed by atoms with Gasteiger partial charge < -0.3 is 27.9 Å². The van der Waals surface area contributed by atoms with Gasteiger partial charge >= 0.3 is 11.9 Å². The molecule has 0 amide bonds. The summed E-state index contributed by atoms with van der Waals surface area (Å²) in [7, 11) is 1.19. The molecule has 10 heteroatoms. The summed E-state index contributed by atoms with van der Waals surface area (Å²) in [6, 6.07) is 0. The molecule has 0 aromatic rings. The van der Waals surface area contributed by atoms with Gasteiger partial charge in [-0.25, -0.2) is 0 Å². The second-order valence-electron chi connectivity index (χ2n) is 29.5. The highest BCUT2D eigenvalue weighted by Crippen LogP contribution is 2.38. The fourth-order valence-electron chi connectivity index (χ4n) is 12.7. The molecule has 546 valence electrons. The molecule has 9 nitrogen and oxygen atoms in total. The second kappa shape index (κ2) is 73.7. The minimum absolute atomic E-state index is 0.0266. The molecular formula is C82H160NO8P. The Morgan fingerprint density at radius 3 is 0.859 bits per heavy atom. The predicted molar refractivity (Wildman–Crippen MR) is 398 cm³/mol. The Morgan fingerprint density at radius 1 is 0.337 bits per heavy atom. The van der Waals surface area contributed by atoms with Crippen LogP contribution in [-0.2, 0) is 32.7 Å². The first-order chi connectivity index (χ1) is 45.0. The number of nitrogens with zero attached hydrogens (tertiary/aromatic N) is 1. The van der Waals surface area contributed by atoms with Gasteiger partial charge in [0, 0.05) is 12.8 Å². The Bertz CT molecular complexity index is 1600. The molecule has 0 aliphatic heterocycles. The molecule has 0 aromatic heterocycles. The number of carbonyl (C=O) groups is 2. The molecule has 0 aliphatic carbocycles. The van der Waals surface area contributed by atoms with Crippen molar-refractivity contribution in [2.24, 2.45) is 0 Å². The molecule has 0 aliphatic rings. The van der Waals surface area contributed by atoms with E-state index in [4.69, 9.17) is 18.5 Å². The van der Waals surface area contributed by atoms with E-state index in [1.54, 1.807) is 0 Å². The standard InChI is InChI=1S/C82H160NO8P/c1-6-8-10-12-14-16-18-20-22-24-26-28-30-32-34-36-38-39-40-41-42-43-45-46-48-50-52-54-56-58-60-62-64-66-68-70-72-74-81(84)88-78-80(79-90-92(86,87)89-77-76-83(3,4)5)91-82(85)75-73-71-69-67-65-63-61-59-57-55-53-51-49-47-44-37-35-33-31-29-27-25-23-21-19-17-15-13-11-9-7-2/h19,21,25,27,80H,6-18,20,22-24,26,28-79H2,1-5H3/b21-19-,27-25-. The lowest BCUT2D eigenvalue weighted by Crippen LogP contribution is -2.37. The fourth-order valence-corrected chi connectivity index (χ4v) is 13.4. The summed E-state index contributed by atoms with van der Waals surface area (Å²) in [5.74, 6) is -0.805. The van der Waals surface area contributed by atoms with Crippen LogP contribution in [0.5, 0.6) is 0 Å². The van der Waals surface area contributed by atoms with Crippen LogP contribution >= 0.6 is 7.82 Å². The Hall–Kier alpha value is -1.51. The number of hydrogen-bond acceptors (Lipinski definition) is 8. The molecule has 2 unspecified atom stereocenters. The van der Waals surface area contributed by atoms with Crippen LogP contribution in [0.2, 0.25) is 0 Å². The summed E-state index contributed by atoms with van der Waals surface area (Å²) in [5, 5.41) is 0. The zero-order valence-corrected chi connectivity index (χ0v) is 63.4. The molecule has 0 saturated heterocycles. The van der Waals surface area contributed by atoms with Gasteiger partial charge in [0.2, 0.25) is 0 Å². The minimum atomic E-state index is -4.64. The van der Waals surface area contributed by atoms with Crippen molar-refractivity contribution < 1.29 is 42.1 Å². The molecule has 0 radical (unpaired) electrons. The van der Waals surface area contributed by atoms with E-state index in [0.29, 0.717) is 17.4 Å². The summed E-state index contributed by atoms with van der Waals surface area (Å²) in [4.78, 5) is 38.2. The van der Waals surface area contributed by atoms with Crippen molar-refractivity contribution >= 4 is 19.8 Å². The molecule has 0 bridgehead atoms. The molecule has 0 N–H and O–H groups in total. The molecule has 0 heterocycles. The van der Waals surface area contributed by atoms with Crippen molar-refractivity contribution in [3.05, 3.63) is 24.3 Å². The van der Waals surface area contributed by atoms with E-state index in [1.807, 2.05) is 21.1 Å². The third kappa shape index (κ3) is 77.5. The number of ether oxygens (including phenoxy) is 2. The van der Waals surface area contributed by atoms with Gasteiger partial charge in [0.25, 0.3) is 7.82 Å². The molecule has 2 atom stereocenters. The van der Waals surface area contributed by atoms with Crippen LogP contribution in [0.1, 0.15) is 438 Å². The highest BCUT2D eigenvalue weighted by molar-refractivity contribution is 7.45. The normalized spacial score (nSPS) is 13.1. The molecule has 0 rings (SSSR count). The monoisotopic (exact) mass is 1320 g/mol. The Kier molecular flexibility index (Phi) is 72.5. The number of esters is 2. The van der Waals surface area contributed by atoms with Gasteiger partial charge in [0.1, 0.15) is 19.8 Å². The molecule has 92 heavy (non-hydrogen) atoms. The summed E-state index contributed by atoms with van der Waals surface area (Å²) in [6.07, 6.45) is 94.6. The van der Waals surface area contributed by atoms with E-state index in [0.717, 1.165) is 38.5 Å². The molecule has 0 saturated carbocycles. The Balaban J connectivity index is 3.88. The van der Waals surface area contributed by atoms with E-state index in [1.165, 1.54) is 366 Å². The zero-order valence-electron chi connectivity index (χ0n) is 62.5. The van der Waals surface area contributed by atoms with Gasteiger partial charge in [-0.15, -0.1) is 0 Å². The smallest absolute Gasteiger partial charge is 0.306 e. The van der Waals surface area contributed by atoms with Crippen molar-refractivity contribution in [2.75, 3.05) is 47.5 Å². The maximum atomic E-state index is 12.9. The molecule has 0 fully saturated rings. The largest absolute Gasteiger partial charge is 0.756 e. The summed E-state index contributed by atoms with van der Waals surface area (Å²) in [5.41, 5.74) is 0. The first kappa shape index (κ1) is 90.5. The van der Waals surface area contributed by atoms with E-state index in [-0.39, 0.29) is 32.0 Å². The average molecular weight is 1320 g/mol. The van der Waals surface area contributed by atoms with Crippen LogP contribution in [0.4, 0.5) is 0 Å². The van der Waals surface area contributed by atoms with Crippen molar-refractivity contribution in [2.45, 2.75) is 444 Å². The number of unbranched alkanes of at least 4 members (excludes halogenated alkanes) is 60. The van der Waals surface area contributed by atoms with Gasteiger partial charge in [0.15, 0.2) is 6.10 Å². The predicted octanol–water partition coefficient (Wildman–Crippen LogP) is 26.5. The maximum absolute atomic E-state index is 12.9. The second-order valence-corrected chi connectivity index (χ2v) is 30.9. The third-order valence-corrected chi connectivity index (χ3v) is 19.9. The first-order valence-electron chi connectivity index (χ1n) is 41.0. The summed E-state index contributed by atoms with van der Waals surface area (Å²) in [6.45, 7) is 4.32. The first-order valence-corrected chi connectivity index (χ1v) is 42.5. The van der Waals surface area contributed by atoms with E-state index < -0.39 is 26.5 Å². The van der Waals surface area contributed by atoms with Crippen LogP contribution in [0.25, 0.3) is 0 Å². The van der Waals surface area contributed by atoms with Crippen molar-refractivity contribution in [1.29, 1.82) is 0 Å². The van der Waals surface area contributed by atoms with Crippen molar-refractivity contribution in [1.82, 2.24) is 0 Å². The number of phosphoric acid groups is 1. The highest BCUT2D eigenvalue weighted by atomic mass is 31.2. The third-order valence-electron chi connectivity index (χ3n) is 19.0. The van der Waals surface area contributed by atoms with Crippen LogP contribution in [0, 0.1) is 0 Å². The van der Waals surface area contributed by atoms with E-state index >= 15 is 0 Å². The van der Waals surface area contributed by atoms with Gasteiger partial charge in [0.05, 0.1) is 27.7 Å². The summed E-state index contributed by atoms with van der Waals surface area (Å²) >= 11 is 0. The maximum Gasteiger partial charge on any atom is 0.306 e. The van der Waals surface area contributed by atoms with Gasteiger partial charge in [-0.2, -0.15) is 0 Å². The molecule has 0 spiro atoms. The van der Waals surface area contributed by atoms with Crippen LogP contribution in [0.3, 0.4) is 0 Å². The van der Waals surface area contributed by atoms with Crippen LogP contribution in [-0.4, -0.2) is 70.0 Å². The van der Waals surface area contributed by atoms with Crippen LogP contribution in [0.15, 0.2) is 24.3 Å². The Morgan fingerprint density at radius 2 is 0.587 bits per heavy atom. The zero-order chi connectivity index (χ0) is 66.9. The SMILES string of the molecule is CCCCCCC/C=C\C/C=C\CCCCCCCCCCCCCCCCCCCCCC(=O)OC(COC(=O)CCCCCCCCCCCCCCCCCCCCCCCCCCCCCCCCCCCCCCC)COP(=O)([O-])OCC[N+](C)(C)C. The average Bonchev–Trinajstić information content (AvgIpc) is 2.14. The lowest BCUT2D eigenvalue weighted by atomic mass is 10.0. The fraction of sp³-hybridized carbons (Fsp3) is 0.927. The van der Waals surface area contributed by atoms with Gasteiger partial charge in [-0.05, 0) is 44.9 Å². The lowest BCUT2D eigenvalue weighted by Gasteiger charge is -2.28. The molecule has 0 aromatic carbocycles. The van der Waals surface area contributed by atoms with E-state index in [9.17, 15) is 19.0 Å². The molecular weight excluding hydrogens is 1160 g/mol. The van der Waals surface area contributed by atoms with Gasteiger partial charge in [-0.1, -0.05) is 404 Å².